The van der Waals surface area contributed by atoms with E-state index in [-0.39, 0.29) is 28.9 Å². The number of nitrogens with zero attached hydrogens (tertiary/aromatic N) is 1. The molecule has 28 heavy (non-hydrogen) atoms. The highest BCUT2D eigenvalue weighted by Gasteiger charge is 2.19. The zero-order valence-corrected chi connectivity index (χ0v) is 16.4. The molecule has 0 heterocycles. The fourth-order valence-corrected chi connectivity index (χ4v) is 2.97. The van der Waals surface area contributed by atoms with Gasteiger partial charge < -0.3 is 10.2 Å². The lowest BCUT2D eigenvalue weighted by molar-refractivity contribution is -0.130. The van der Waals surface area contributed by atoms with E-state index in [1.165, 1.54) is 24.3 Å². The summed E-state index contributed by atoms with van der Waals surface area (Å²) >= 11 is 5.88. The number of hydrogen-bond donors (Lipinski definition) is 1. The molecule has 0 aromatic heterocycles. The number of hydrogen-bond acceptors (Lipinski definition) is 2. The van der Waals surface area contributed by atoms with E-state index in [0.29, 0.717) is 13.1 Å². The van der Waals surface area contributed by atoms with Gasteiger partial charge in [0.1, 0.15) is 11.6 Å². The molecule has 0 fully saturated rings. The van der Waals surface area contributed by atoms with Crippen LogP contribution in [0.4, 0.5) is 8.78 Å². The molecule has 0 atom stereocenters. The molecule has 0 radical (unpaired) electrons. The van der Waals surface area contributed by atoms with E-state index in [1.807, 2.05) is 0 Å². The first-order valence-corrected chi connectivity index (χ1v) is 9.54. The van der Waals surface area contributed by atoms with Gasteiger partial charge in [-0.2, -0.15) is 0 Å². The molecule has 0 aliphatic carbocycles. The van der Waals surface area contributed by atoms with Crippen molar-refractivity contribution in [3.63, 3.8) is 0 Å². The predicted molar refractivity (Wildman–Crippen MR) is 105 cm³/mol. The fraction of sp³-hybridized carbons (Fsp3) is 0.333. The first-order valence-electron chi connectivity index (χ1n) is 9.16. The van der Waals surface area contributed by atoms with Crippen molar-refractivity contribution in [1.82, 2.24) is 10.2 Å². The summed E-state index contributed by atoms with van der Waals surface area (Å²) in [5.41, 5.74) is 0.503. The van der Waals surface area contributed by atoms with Crippen molar-refractivity contribution >= 4 is 23.4 Å². The van der Waals surface area contributed by atoms with Crippen LogP contribution in [0, 0.1) is 11.6 Å². The number of halogens is 3. The molecule has 2 aromatic carbocycles. The molecule has 7 heteroatoms. The van der Waals surface area contributed by atoms with Crippen LogP contribution in [-0.4, -0.2) is 29.8 Å². The van der Waals surface area contributed by atoms with E-state index in [9.17, 15) is 18.4 Å². The second kappa shape index (κ2) is 10.8. The molecule has 2 aromatic rings. The third-order valence-corrected chi connectivity index (χ3v) is 4.58. The molecule has 0 saturated carbocycles. The van der Waals surface area contributed by atoms with Gasteiger partial charge in [-0.15, -0.1) is 0 Å². The third-order valence-electron chi connectivity index (χ3n) is 4.26. The van der Waals surface area contributed by atoms with E-state index >= 15 is 0 Å². The van der Waals surface area contributed by atoms with E-state index in [2.05, 4.69) is 12.2 Å². The monoisotopic (exact) mass is 408 g/mol. The zero-order chi connectivity index (χ0) is 20.5. The smallest absolute Gasteiger partial charge is 0.256 e. The maximum Gasteiger partial charge on any atom is 0.256 e. The third kappa shape index (κ3) is 6.30. The number of amides is 2. The standard InChI is InChI=1S/C21H23ClF2N2O2/c1-2-3-4-12-26(14-15-8-10-16(23)11-9-15)19(27)13-25-21(28)20-17(22)6-5-7-18(20)24/h5-11H,2-4,12-14H2,1H3,(H,25,28). The zero-order valence-electron chi connectivity index (χ0n) is 15.7. The van der Waals surface area contributed by atoms with Gasteiger partial charge >= 0.3 is 0 Å². The summed E-state index contributed by atoms with van der Waals surface area (Å²) in [6, 6.07) is 9.86. The van der Waals surface area contributed by atoms with Crippen molar-refractivity contribution in [2.24, 2.45) is 0 Å². The summed E-state index contributed by atoms with van der Waals surface area (Å²) in [6.07, 6.45) is 2.78. The maximum atomic E-state index is 13.8. The first kappa shape index (κ1) is 21.8. The molecular formula is C21H23ClF2N2O2. The van der Waals surface area contributed by atoms with E-state index < -0.39 is 11.7 Å². The highest BCUT2D eigenvalue weighted by atomic mass is 35.5. The quantitative estimate of drug-likeness (QED) is 0.618. The molecule has 2 amide bonds. The Kier molecular flexibility index (Phi) is 8.39. The Bertz CT molecular complexity index is 792. The minimum absolute atomic E-state index is 0.0175. The molecular weight excluding hydrogens is 386 g/mol. The molecule has 0 saturated heterocycles. The number of rotatable bonds is 9. The Labute approximate surface area is 168 Å². The second-order valence-electron chi connectivity index (χ2n) is 6.43. The van der Waals surface area contributed by atoms with Crippen molar-refractivity contribution in [3.05, 3.63) is 70.2 Å². The topological polar surface area (TPSA) is 49.4 Å². The Hall–Kier alpha value is -2.47. The molecule has 2 rings (SSSR count). The molecule has 4 nitrogen and oxygen atoms in total. The summed E-state index contributed by atoms with van der Waals surface area (Å²) in [7, 11) is 0. The largest absolute Gasteiger partial charge is 0.343 e. The average molecular weight is 409 g/mol. The van der Waals surface area contributed by atoms with Crippen LogP contribution in [0.1, 0.15) is 42.1 Å². The Morgan fingerprint density at radius 2 is 1.79 bits per heavy atom. The van der Waals surface area contributed by atoms with Crippen molar-refractivity contribution in [2.75, 3.05) is 13.1 Å². The van der Waals surface area contributed by atoms with Crippen molar-refractivity contribution in [1.29, 1.82) is 0 Å². The average Bonchev–Trinajstić information content (AvgIpc) is 2.67. The van der Waals surface area contributed by atoms with Crippen LogP contribution in [-0.2, 0) is 11.3 Å². The SMILES string of the molecule is CCCCCN(Cc1ccc(F)cc1)C(=O)CNC(=O)c1c(F)cccc1Cl. The van der Waals surface area contributed by atoms with Gasteiger partial charge in [0.15, 0.2) is 0 Å². The number of nitrogens with one attached hydrogen (secondary N) is 1. The lowest BCUT2D eigenvalue weighted by Gasteiger charge is -2.23. The molecule has 0 unspecified atom stereocenters. The number of carbonyl (C=O) groups excluding carboxylic acids is 2. The normalized spacial score (nSPS) is 10.6. The minimum Gasteiger partial charge on any atom is -0.343 e. The number of carbonyl (C=O) groups is 2. The van der Waals surface area contributed by atoms with Gasteiger partial charge in [-0.3, -0.25) is 9.59 Å². The van der Waals surface area contributed by atoms with Crippen LogP contribution in [0.15, 0.2) is 42.5 Å². The molecule has 1 N–H and O–H groups in total. The fourth-order valence-electron chi connectivity index (χ4n) is 2.73. The first-order chi connectivity index (χ1) is 13.4. The van der Waals surface area contributed by atoms with Gasteiger partial charge in [0.25, 0.3) is 5.91 Å². The van der Waals surface area contributed by atoms with Crippen molar-refractivity contribution in [3.8, 4) is 0 Å². The molecule has 0 bridgehead atoms. The van der Waals surface area contributed by atoms with E-state index in [4.69, 9.17) is 11.6 Å². The van der Waals surface area contributed by atoms with Gasteiger partial charge in [-0.05, 0) is 36.2 Å². The van der Waals surface area contributed by atoms with Crippen LogP contribution < -0.4 is 5.32 Å². The van der Waals surface area contributed by atoms with Crippen molar-refractivity contribution < 1.29 is 18.4 Å². The Morgan fingerprint density at radius 3 is 2.43 bits per heavy atom. The predicted octanol–water partition coefficient (Wildman–Crippen LogP) is 4.57. The molecule has 0 aliphatic rings. The number of unbranched alkanes of at least 4 members (excludes halogenated alkanes) is 2. The molecule has 150 valence electrons. The highest BCUT2D eigenvalue weighted by Crippen LogP contribution is 2.18. The van der Waals surface area contributed by atoms with Crippen LogP contribution in [0.5, 0.6) is 0 Å². The minimum atomic E-state index is -0.747. The summed E-state index contributed by atoms with van der Waals surface area (Å²) in [6.45, 7) is 2.60. The lowest BCUT2D eigenvalue weighted by atomic mass is 10.1. The van der Waals surface area contributed by atoms with Crippen LogP contribution in [0.2, 0.25) is 5.02 Å². The molecule has 0 spiro atoms. The Morgan fingerprint density at radius 1 is 1.07 bits per heavy atom. The van der Waals surface area contributed by atoms with Gasteiger partial charge in [0.05, 0.1) is 17.1 Å². The number of benzene rings is 2. The van der Waals surface area contributed by atoms with E-state index in [0.717, 1.165) is 30.9 Å². The highest BCUT2D eigenvalue weighted by molar-refractivity contribution is 6.33. The van der Waals surface area contributed by atoms with Gasteiger partial charge in [-0.1, -0.05) is 49.6 Å². The lowest BCUT2D eigenvalue weighted by Crippen LogP contribution is -2.40. The Balaban J connectivity index is 2.02. The van der Waals surface area contributed by atoms with Crippen LogP contribution in [0.3, 0.4) is 0 Å². The second-order valence-corrected chi connectivity index (χ2v) is 6.84. The maximum absolute atomic E-state index is 13.8. The summed E-state index contributed by atoms with van der Waals surface area (Å²) < 4.78 is 26.9. The van der Waals surface area contributed by atoms with Gasteiger partial charge in [-0.25, -0.2) is 8.78 Å². The van der Waals surface area contributed by atoms with Crippen LogP contribution in [0.25, 0.3) is 0 Å². The summed E-state index contributed by atoms with van der Waals surface area (Å²) in [5, 5.41) is 2.41. The van der Waals surface area contributed by atoms with E-state index in [1.54, 1.807) is 17.0 Å². The van der Waals surface area contributed by atoms with Crippen LogP contribution >= 0.6 is 11.6 Å². The summed E-state index contributed by atoms with van der Waals surface area (Å²) in [4.78, 5) is 26.4. The summed E-state index contributed by atoms with van der Waals surface area (Å²) in [5.74, 6) is -2.14. The van der Waals surface area contributed by atoms with Gasteiger partial charge in [0, 0.05) is 13.1 Å². The molecule has 0 aliphatic heterocycles. The van der Waals surface area contributed by atoms with Crippen molar-refractivity contribution in [2.45, 2.75) is 32.7 Å². The van der Waals surface area contributed by atoms with Gasteiger partial charge in [0.2, 0.25) is 5.91 Å².